The summed E-state index contributed by atoms with van der Waals surface area (Å²) < 4.78 is 19.0. The minimum absolute atomic E-state index is 0.0262. The minimum atomic E-state index is -0.583. The van der Waals surface area contributed by atoms with Crippen LogP contribution < -0.4 is 10.6 Å². The molecule has 0 saturated carbocycles. The van der Waals surface area contributed by atoms with Crippen molar-refractivity contribution in [3.8, 4) is 0 Å². The Kier molecular flexibility index (Phi) is 9.46. The Morgan fingerprint density at radius 2 is 1.97 bits per heavy atom. The highest BCUT2D eigenvalue weighted by Crippen LogP contribution is 2.29. The van der Waals surface area contributed by atoms with Gasteiger partial charge in [0.1, 0.15) is 5.82 Å². The van der Waals surface area contributed by atoms with Crippen LogP contribution in [0.1, 0.15) is 44.7 Å². The smallest absolute Gasteiger partial charge is 0.317 e. The second-order valence-corrected chi connectivity index (χ2v) is 7.88. The fourth-order valence-electron chi connectivity index (χ4n) is 3.24. The lowest BCUT2D eigenvalue weighted by Crippen LogP contribution is -2.47. The summed E-state index contributed by atoms with van der Waals surface area (Å²) in [5, 5.41) is 5.99. The van der Waals surface area contributed by atoms with E-state index in [0.29, 0.717) is 56.3 Å². The van der Waals surface area contributed by atoms with Crippen LogP contribution in [0.25, 0.3) is 0 Å². The topological polar surface area (TPSA) is 70.7 Å². The number of urea groups is 1. The standard InChI is InChI=1S/C20H28Cl2FN3O3/c1-3-29-10-4-7-24-19(27)14-5-8-26(9-6-14)20(28)25-13(2)15-11-18(23)17(22)12-16(15)21/h11-14H,3-10H2,1-2H3,(H,24,27)(H,25,28). The monoisotopic (exact) mass is 447 g/mol. The number of nitrogens with one attached hydrogen (secondary N) is 2. The number of carbonyl (C=O) groups is 2. The van der Waals surface area contributed by atoms with Gasteiger partial charge in [0.25, 0.3) is 0 Å². The summed E-state index contributed by atoms with van der Waals surface area (Å²) in [6.45, 7) is 6.54. The summed E-state index contributed by atoms with van der Waals surface area (Å²) in [6.07, 6.45) is 2.00. The number of hydrogen-bond acceptors (Lipinski definition) is 3. The van der Waals surface area contributed by atoms with Gasteiger partial charge in [-0.15, -0.1) is 0 Å². The Bertz CT molecular complexity index is 712. The highest BCUT2D eigenvalue weighted by molar-refractivity contribution is 6.35. The van der Waals surface area contributed by atoms with E-state index in [-0.39, 0.29) is 22.9 Å². The molecule has 0 bridgehead atoms. The van der Waals surface area contributed by atoms with Gasteiger partial charge in [-0.2, -0.15) is 0 Å². The molecule has 0 aromatic heterocycles. The van der Waals surface area contributed by atoms with E-state index in [1.54, 1.807) is 11.8 Å². The first kappa shape index (κ1) is 23.7. The van der Waals surface area contributed by atoms with Crippen molar-refractivity contribution in [2.24, 2.45) is 5.92 Å². The van der Waals surface area contributed by atoms with Gasteiger partial charge in [-0.3, -0.25) is 4.79 Å². The maximum absolute atomic E-state index is 13.7. The molecular weight excluding hydrogens is 420 g/mol. The van der Waals surface area contributed by atoms with Crippen LogP contribution in [0.3, 0.4) is 0 Å². The van der Waals surface area contributed by atoms with Crippen LogP contribution in [-0.2, 0) is 9.53 Å². The normalized spacial score (nSPS) is 15.8. The molecule has 2 N–H and O–H groups in total. The predicted molar refractivity (Wildman–Crippen MR) is 112 cm³/mol. The van der Waals surface area contributed by atoms with Crippen LogP contribution in [0.5, 0.6) is 0 Å². The summed E-state index contributed by atoms with van der Waals surface area (Å²) in [5.74, 6) is -0.651. The first-order chi connectivity index (χ1) is 13.8. The van der Waals surface area contributed by atoms with Gasteiger partial charge in [-0.1, -0.05) is 23.2 Å². The molecule has 0 aliphatic carbocycles. The van der Waals surface area contributed by atoms with E-state index in [1.165, 1.54) is 12.1 Å². The number of ether oxygens (including phenoxy) is 1. The Morgan fingerprint density at radius 3 is 2.62 bits per heavy atom. The maximum atomic E-state index is 13.7. The number of hydrogen-bond donors (Lipinski definition) is 2. The van der Waals surface area contributed by atoms with Crippen molar-refractivity contribution in [3.05, 3.63) is 33.6 Å². The maximum Gasteiger partial charge on any atom is 0.317 e. The Morgan fingerprint density at radius 1 is 1.28 bits per heavy atom. The van der Waals surface area contributed by atoms with Gasteiger partial charge in [0.05, 0.1) is 11.1 Å². The number of nitrogens with zero attached hydrogens (tertiary/aromatic N) is 1. The molecule has 1 atom stereocenters. The molecule has 1 unspecified atom stereocenters. The first-order valence-electron chi connectivity index (χ1n) is 9.88. The zero-order valence-corrected chi connectivity index (χ0v) is 18.3. The third-order valence-electron chi connectivity index (χ3n) is 4.97. The zero-order valence-electron chi connectivity index (χ0n) is 16.8. The molecule has 1 aliphatic heterocycles. The number of halogens is 3. The van der Waals surface area contributed by atoms with E-state index in [0.717, 1.165) is 6.42 Å². The highest BCUT2D eigenvalue weighted by atomic mass is 35.5. The summed E-state index contributed by atoms with van der Waals surface area (Å²) >= 11 is 11.8. The average Bonchev–Trinajstić information content (AvgIpc) is 2.70. The van der Waals surface area contributed by atoms with Crippen LogP contribution >= 0.6 is 23.2 Å². The van der Waals surface area contributed by atoms with Gasteiger partial charge in [0, 0.05) is 43.8 Å². The Labute approximate surface area is 181 Å². The molecule has 0 radical (unpaired) electrons. The second-order valence-electron chi connectivity index (χ2n) is 7.06. The van der Waals surface area contributed by atoms with Crippen LogP contribution in [0, 0.1) is 11.7 Å². The molecular formula is C20H28Cl2FN3O3. The summed E-state index contributed by atoms with van der Waals surface area (Å²) in [4.78, 5) is 26.4. The molecule has 1 aromatic carbocycles. The van der Waals surface area contributed by atoms with Crippen LogP contribution in [0.2, 0.25) is 10.0 Å². The van der Waals surface area contributed by atoms with E-state index in [9.17, 15) is 14.0 Å². The highest BCUT2D eigenvalue weighted by Gasteiger charge is 2.28. The third kappa shape index (κ3) is 7.01. The van der Waals surface area contributed by atoms with E-state index >= 15 is 0 Å². The minimum Gasteiger partial charge on any atom is -0.382 e. The number of benzene rings is 1. The first-order valence-corrected chi connectivity index (χ1v) is 10.6. The van der Waals surface area contributed by atoms with Gasteiger partial charge in [-0.25, -0.2) is 9.18 Å². The number of piperidine rings is 1. The van der Waals surface area contributed by atoms with Crippen molar-refractivity contribution in [1.82, 2.24) is 15.5 Å². The molecule has 0 spiro atoms. The van der Waals surface area contributed by atoms with Crippen LogP contribution in [-0.4, -0.2) is 49.7 Å². The molecule has 1 aliphatic rings. The quantitative estimate of drug-likeness (QED) is 0.464. The molecule has 6 nitrogen and oxygen atoms in total. The summed E-state index contributed by atoms with van der Waals surface area (Å²) in [6, 6.07) is 1.82. The fraction of sp³-hybridized carbons (Fsp3) is 0.600. The van der Waals surface area contributed by atoms with E-state index < -0.39 is 11.9 Å². The molecule has 1 saturated heterocycles. The van der Waals surface area contributed by atoms with E-state index in [4.69, 9.17) is 27.9 Å². The summed E-state index contributed by atoms with van der Waals surface area (Å²) in [5.41, 5.74) is 0.461. The van der Waals surface area contributed by atoms with Crippen molar-refractivity contribution in [2.45, 2.75) is 39.2 Å². The van der Waals surface area contributed by atoms with Crippen molar-refractivity contribution in [1.29, 1.82) is 0 Å². The lowest BCUT2D eigenvalue weighted by Gasteiger charge is -2.32. The van der Waals surface area contributed by atoms with Gasteiger partial charge in [-0.05, 0) is 50.8 Å². The Balaban J connectivity index is 1.78. The molecule has 162 valence electrons. The lowest BCUT2D eigenvalue weighted by atomic mass is 9.96. The van der Waals surface area contributed by atoms with Crippen molar-refractivity contribution >= 4 is 35.1 Å². The van der Waals surface area contributed by atoms with Gasteiger partial charge < -0.3 is 20.3 Å². The summed E-state index contributed by atoms with van der Waals surface area (Å²) in [7, 11) is 0. The molecule has 1 aromatic rings. The molecule has 29 heavy (non-hydrogen) atoms. The number of carbonyl (C=O) groups excluding carboxylic acids is 2. The van der Waals surface area contributed by atoms with Gasteiger partial charge >= 0.3 is 6.03 Å². The molecule has 1 fully saturated rings. The van der Waals surface area contributed by atoms with Crippen LogP contribution in [0.4, 0.5) is 9.18 Å². The third-order valence-corrected chi connectivity index (χ3v) is 5.58. The zero-order chi connectivity index (χ0) is 21.4. The molecule has 2 rings (SSSR count). The van der Waals surface area contributed by atoms with Crippen molar-refractivity contribution in [2.75, 3.05) is 32.8 Å². The SMILES string of the molecule is CCOCCCNC(=O)C1CCN(C(=O)NC(C)c2cc(F)c(Cl)cc2Cl)CC1. The van der Waals surface area contributed by atoms with E-state index in [1.807, 2.05) is 6.92 Å². The van der Waals surface area contributed by atoms with Crippen molar-refractivity contribution in [3.63, 3.8) is 0 Å². The van der Waals surface area contributed by atoms with Crippen LogP contribution in [0.15, 0.2) is 12.1 Å². The molecule has 1 heterocycles. The fourth-order valence-corrected chi connectivity index (χ4v) is 3.79. The van der Waals surface area contributed by atoms with Crippen molar-refractivity contribution < 1.29 is 18.7 Å². The van der Waals surface area contributed by atoms with Gasteiger partial charge in [0.2, 0.25) is 5.91 Å². The number of likely N-dealkylation sites (tertiary alicyclic amines) is 1. The lowest BCUT2D eigenvalue weighted by molar-refractivity contribution is -0.126. The van der Waals surface area contributed by atoms with Gasteiger partial charge in [0.15, 0.2) is 0 Å². The number of amides is 3. The average molecular weight is 448 g/mol. The molecule has 3 amide bonds. The van der Waals surface area contributed by atoms with E-state index in [2.05, 4.69) is 10.6 Å². The molecule has 9 heteroatoms. The Hall–Kier alpha value is -1.57. The second kappa shape index (κ2) is 11.6. The number of rotatable bonds is 8. The predicted octanol–water partition coefficient (Wildman–Crippen LogP) is 4.16. The largest absolute Gasteiger partial charge is 0.382 e.